The van der Waals surface area contributed by atoms with E-state index in [0.717, 1.165) is 30.9 Å². The van der Waals surface area contributed by atoms with Crippen LogP contribution in [0.5, 0.6) is 11.5 Å². The van der Waals surface area contributed by atoms with Crippen molar-refractivity contribution in [1.29, 1.82) is 0 Å². The van der Waals surface area contributed by atoms with Crippen molar-refractivity contribution < 1.29 is 14.3 Å². The molecule has 0 atom stereocenters. The Bertz CT molecular complexity index is 712. The van der Waals surface area contributed by atoms with Crippen LogP contribution in [0.2, 0.25) is 0 Å². The Kier molecular flexibility index (Phi) is 7.95. The maximum Gasteiger partial charge on any atom is 0.343 e. The number of benzene rings is 2. The van der Waals surface area contributed by atoms with Crippen LogP contribution in [0.15, 0.2) is 48.5 Å². The number of ether oxygens (including phenoxy) is 2. The summed E-state index contributed by atoms with van der Waals surface area (Å²) in [5, 5.41) is 0. The zero-order chi connectivity index (χ0) is 19.6. The predicted molar refractivity (Wildman–Crippen MR) is 113 cm³/mol. The molecule has 28 heavy (non-hydrogen) atoms. The van der Waals surface area contributed by atoms with Gasteiger partial charge in [-0.2, -0.15) is 0 Å². The molecule has 1 fully saturated rings. The number of aryl methyl sites for hydroxylation is 1. The van der Waals surface area contributed by atoms with E-state index >= 15 is 0 Å². The van der Waals surface area contributed by atoms with Gasteiger partial charge in [-0.3, -0.25) is 0 Å². The molecule has 1 aliphatic carbocycles. The third-order valence-electron chi connectivity index (χ3n) is 5.39. The summed E-state index contributed by atoms with van der Waals surface area (Å²) in [5.74, 6) is 1.89. The van der Waals surface area contributed by atoms with Crippen molar-refractivity contribution in [3.63, 3.8) is 0 Å². The van der Waals surface area contributed by atoms with E-state index in [1.165, 1.54) is 37.7 Å². The third-order valence-corrected chi connectivity index (χ3v) is 5.39. The fourth-order valence-corrected chi connectivity index (χ4v) is 3.57. The summed E-state index contributed by atoms with van der Waals surface area (Å²) in [4.78, 5) is 12.3. The van der Waals surface area contributed by atoms with Crippen LogP contribution in [0, 0.1) is 12.3 Å². The van der Waals surface area contributed by atoms with Gasteiger partial charge < -0.3 is 9.47 Å². The number of hydrogen-bond acceptors (Lipinski definition) is 3. The third kappa shape index (κ3) is 6.40. The first kappa shape index (κ1) is 20.4. The molecule has 0 saturated heterocycles. The summed E-state index contributed by atoms with van der Waals surface area (Å²) in [6.07, 6.45) is 12.1. The molecule has 0 bridgehead atoms. The van der Waals surface area contributed by atoms with E-state index < -0.39 is 0 Å². The number of hydrogen-bond donors (Lipinski definition) is 0. The standard InChI is InChI=1S/C25H31O3/c1-2-3-19-27-23-17-13-22(14-18-23)25(26)28-24-15-11-21(12-16-24)10-9-20-7-5-4-6-8-20/h4,11-18,20H,2-3,5-10,19H2,1H3. The minimum Gasteiger partial charge on any atom is -0.494 e. The number of carbonyl (C=O) groups is 1. The zero-order valence-corrected chi connectivity index (χ0v) is 16.9. The van der Waals surface area contributed by atoms with E-state index in [1.807, 2.05) is 24.3 Å². The number of rotatable bonds is 9. The molecule has 0 aromatic heterocycles. The Morgan fingerprint density at radius 1 is 0.964 bits per heavy atom. The van der Waals surface area contributed by atoms with Crippen LogP contribution in [0.1, 0.15) is 67.8 Å². The Morgan fingerprint density at radius 3 is 2.32 bits per heavy atom. The first-order chi connectivity index (χ1) is 13.7. The highest BCUT2D eigenvalue weighted by Gasteiger charge is 2.13. The molecule has 1 aliphatic rings. The molecule has 0 N–H and O–H groups in total. The molecule has 0 aliphatic heterocycles. The molecule has 3 nitrogen and oxygen atoms in total. The van der Waals surface area contributed by atoms with Crippen molar-refractivity contribution in [3.8, 4) is 11.5 Å². The molecule has 1 saturated carbocycles. The lowest BCUT2D eigenvalue weighted by atomic mass is 9.85. The minimum atomic E-state index is -0.341. The van der Waals surface area contributed by atoms with E-state index in [4.69, 9.17) is 9.47 Å². The quantitative estimate of drug-likeness (QED) is 0.287. The normalized spacial score (nSPS) is 14.6. The van der Waals surface area contributed by atoms with E-state index in [0.29, 0.717) is 17.9 Å². The van der Waals surface area contributed by atoms with Crippen molar-refractivity contribution in [1.82, 2.24) is 0 Å². The van der Waals surface area contributed by atoms with Gasteiger partial charge in [-0.15, -0.1) is 0 Å². The lowest BCUT2D eigenvalue weighted by molar-refractivity contribution is 0.0734. The number of unbranched alkanes of at least 4 members (excludes halogenated alkanes) is 1. The molecule has 3 rings (SSSR count). The average molecular weight is 380 g/mol. The smallest absolute Gasteiger partial charge is 0.343 e. The van der Waals surface area contributed by atoms with Crippen LogP contribution in [0.4, 0.5) is 0 Å². The SMILES string of the molecule is CCCCOc1ccc(C(=O)Oc2ccc(CCC3CC[CH]CC3)cc2)cc1. The van der Waals surface area contributed by atoms with Crippen molar-refractivity contribution in [2.75, 3.05) is 6.61 Å². The van der Waals surface area contributed by atoms with Crippen molar-refractivity contribution in [2.45, 2.75) is 58.3 Å². The summed E-state index contributed by atoms with van der Waals surface area (Å²) >= 11 is 0. The Morgan fingerprint density at radius 2 is 1.64 bits per heavy atom. The van der Waals surface area contributed by atoms with E-state index in [-0.39, 0.29) is 5.97 Å². The molecule has 0 unspecified atom stereocenters. The molecule has 2 aromatic rings. The van der Waals surface area contributed by atoms with Gasteiger partial charge in [-0.05, 0) is 86.4 Å². The first-order valence-corrected chi connectivity index (χ1v) is 10.6. The second-order valence-corrected chi connectivity index (χ2v) is 7.61. The van der Waals surface area contributed by atoms with Crippen LogP contribution < -0.4 is 9.47 Å². The monoisotopic (exact) mass is 379 g/mol. The molecule has 0 spiro atoms. The van der Waals surface area contributed by atoms with Gasteiger partial charge in [0.15, 0.2) is 0 Å². The molecular weight excluding hydrogens is 348 g/mol. The fourth-order valence-electron chi connectivity index (χ4n) is 3.57. The fraction of sp³-hybridized carbons (Fsp3) is 0.440. The van der Waals surface area contributed by atoms with Gasteiger partial charge in [-0.25, -0.2) is 4.79 Å². The highest BCUT2D eigenvalue weighted by Crippen LogP contribution is 2.27. The molecule has 2 aromatic carbocycles. The van der Waals surface area contributed by atoms with Gasteiger partial charge in [0.25, 0.3) is 0 Å². The summed E-state index contributed by atoms with van der Waals surface area (Å²) in [6, 6.07) is 15.1. The maximum atomic E-state index is 12.3. The first-order valence-electron chi connectivity index (χ1n) is 10.6. The molecule has 1 radical (unpaired) electrons. The second-order valence-electron chi connectivity index (χ2n) is 7.61. The molecular formula is C25H31O3. The maximum absolute atomic E-state index is 12.3. The Hall–Kier alpha value is -2.29. The second kappa shape index (κ2) is 10.9. The number of carbonyl (C=O) groups excluding carboxylic acids is 1. The Labute approximate surface area is 169 Å². The predicted octanol–water partition coefficient (Wildman–Crippen LogP) is 6.41. The van der Waals surface area contributed by atoms with E-state index in [1.54, 1.807) is 12.1 Å². The van der Waals surface area contributed by atoms with Gasteiger partial charge in [0.05, 0.1) is 12.2 Å². The number of esters is 1. The molecule has 0 heterocycles. The van der Waals surface area contributed by atoms with Gasteiger partial charge in [-0.1, -0.05) is 38.3 Å². The van der Waals surface area contributed by atoms with Crippen molar-refractivity contribution in [2.24, 2.45) is 5.92 Å². The van der Waals surface area contributed by atoms with Crippen molar-refractivity contribution in [3.05, 3.63) is 66.1 Å². The summed E-state index contributed by atoms with van der Waals surface area (Å²) in [7, 11) is 0. The van der Waals surface area contributed by atoms with Gasteiger partial charge in [0.1, 0.15) is 11.5 Å². The highest BCUT2D eigenvalue weighted by atomic mass is 16.5. The summed E-state index contributed by atoms with van der Waals surface area (Å²) in [6.45, 7) is 2.83. The topological polar surface area (TPSA) is 35.5 Å². The lowest BCUT2D eigenvalue weighted by Gasteiger charge is -2.21. The van der Waals surface area contributed by atoms with Gasteiger partial charge in [0.2, 0.25) is 0 Å². The van der Waals surface area contributed by atoms with E-state index in [9.17, 15) is 4.79 Å². The average Bonchev–Trinajstić information content (AvgIpc) is 2.75. The lowest BCUT2D eigenvalue weighted by Crippen LogP contribution is -2.09. The van der Waals surface area contributed by atoms with Crippen LogP contribution in [-0.2, 0) is 6.42 Å². The van der Waals surface area contributed by atoms with Crippen molar-refractivity contribution >= 4 is 5.97 Å². The highest BCUT2D eigenvalue weighted by molar-refractivity contribution is 5.91. The molecule has 3 heteroatoms. The minimum absolute atomic E-state index is 0.341. The van der Waals surface area contributed by atoms with Crippen LogP contribution in [0.25, 0.3) is 0 Å². The van der Waals surface area contributed by atoms with Crippen LogP contribution in [-0.4, -0.2) is 12.6 Å². The van der Waals surface area contributed by atoms with Gasteiger partial charge >= 0.3 is 5.97 Å². The summed E-state index contributed by atoms with van der Waals surface area (Å²) < 4.78 is 11.1. The molecule has 0 amide bonds. The van der Waals surface area contributed by atoms with Crippen LogP contribution in [0.3, 0.4) is 0 Å². The zero-order valence-electron chi connectivity index (χ0n) is 16.9. The Balaban J connectivity index is 1.47. The van der Waals surface area contributed by atoms with Gasteiger partial charge in [0, 0.05) is 0 Å². The summed E-state index contributed by atoms with van der Waals surface area (Å²) in [5.41, 5.74) is 1.84. The largest absolute Gasteiger partial charge is 0.494 e. The molecule has 149 valence electrons. The van der Waals surface area contributed by atoms with Crippen LogP contribution >= 0.6 is 0 Å². The van der Waals surface area contributed by atoms with E-state index in [2.05, 4.69) is 25.5 Å².